The Morgan fingerprint density at radius 3 is 2.48 bits per heavy atom. The van der Waals surface area contributed by atoms with Crippen molar-refractivity contribution in [3.05, 3.63) is 107 Å². The number of aromatic nitrogens is 1. The lowest BCUT2D eigenvalue weighted by molar-refractivity contribution is 0.0280. The van der Waals surface area contributed by atoms with E-state index in [1.54, 1.807) is 48.7 Å². The number of hydrogen-bond acceptors (Lipinski definition) is 4. The van der Waals surface area contributed by atoms with Gasteiger partial charge < -0.3 is 9.72 Å². The predicted octanol–water partition coefficient (Wildman–Crippen LogP) is 4.82. The maximum absolute atomic E-state index is 13.4. The maximum Gasteiger partial charge on any atom is 0.339 e. The first-order valence-electron chi connectivity index (χ1n) is 9.04. The van der Waals surface area contributed by atoms with Gasteiger partial charge in [-0.25, -0.2) is 4.79 Å². The standard InChI is InChI=1S/C24H16N2O3/c25-14-16-7-6-10-18(13-16)24(28)29-23(17-8-2-1-3-9-17)22(27)20-15-26-21-12-5-4-11-19(20)21/h1-13,15,23,26H/t23-/m0/s1. The topological polar surface area (TPSA) is 82.9 Å². The van der Waals surface area contributed by atoms with Crippen LogP contribution in [-0.4, -0.2) is 16.7 Å². The summed E-state index contributed by atoms with van der Waals surface area (Å²) in [4.78, 5) is 29.2. The van der Waals surface area contributed by atoms with Crippen LogP contribution in [0.2, 0.25) is 0 Å². The first-order valence-corrected chi connectivity index (χ1v) is 9.04. The molecule has 0 spiro atoms. The lowest BCUT2D eigenvalue weighted by atomic mass is 9.99. The van der Waals surface area contributed by atoms with Gasteiger partial charge in [-0.05, 0) is 24.3 Å². The number of Topliss-reactive ketones (excluding diaryl/α,β-unsaturated/α-hetero) is 1. The van der Waals surface area contributed by atoms with Crippen LogP contribution in [0.25, 0.3) is 10.9 Å². The number of carbonyl (C=O) groups excluding carboxylic acids is 2. The van der Waals surface area contributed by atoms with Crippen molar-refractivity contribution in [1.29, 1.82) is 5.26 Å². The SMILES string of the molecule is N#Cc1cccc(C(=O)O[C@H](C(=O)c2c[nH]c3ccccc23)c2ccccc2)c1. The van der Waals surface area contributed by atoms with Crippen molar-refractivity contribution in [3.63, 3.8) is 0 Å². The fraction of sp³-hybridized carbons (Fsp3) is 0.0417. The van der Waals surface area contributed by atoms with Crippen molar-refractivity contribution in [2.24, 2.45) is 0 Å². The van der Waals surface area contributed by atoms with E-state index in [9.17, 15) is 9.59 Å². The molecular formula is C24H16N2O3. The molecule has 0 radical (unpaired) electrons. The number of para-hydroxylation sites is 1. The molecule has 0 saturated carbocycles. The summed E-state index contributed by atoms with van der Waals surface area (Å²) < 4.78 is 5.64. The van der Waals surface area contributed by atoms with E-state index in [4.69, 9.17) is 10.00 Å². The molecule has 4 rings (SSSR count). The highest BCUT2D eigenvalue weighted by Gasteiger charge is 2.28. The second kappa shape index (κ2) is 7.83. The van der Waals surface area contributed by atoms with Crippen molar-refractivity contribution in [2.45, 2.75) is 6.10 Å². The van der Waals surface area contributed by atoms with Crippen LogP contribution in [-0.2, 0) is 4.74 Å². The number of H-pyrrole nitrogens is 1. The zero-order valence-corrected chi connectivity index (χ0v) is 15.3. The van der Waals surface area contributed by atoms with Crippen molar-refractivity contribution >= 4 is 22.7 Å². The maximum atomic E-state index is 13.4. The smallest absolute Gasteiger partial charge is 0.339 e. The zero-order valence-electron chi connectivity index (χ0n) is 15.3. The first kappa shape index (κ1) is 18.2. The molecule has 0 amide bonds. The van der Waals surface area contributed by atoms with Crippen LogP contribution in [0.3, 0.4) is 0 Å². The molecule has 0 fully saturated rings. The van der Waals surface area contributed by atoms with Gasteiger partial charge in [0.25, 0.3) is 0 Å². The van der Waals surface area contributed by atoms with Crippen LogP contribution in [0.5, 0.6) is 0 Å². The van der Waals surface area contributed by atoms with Crippen LogP contribution >= 0.6 is 0 Å². The minimum Gasteiger partial charge on any atom is -0.445 e. The van der Waals surface area contributed by atoms with Gasteiger partial charge in [-0.1, -0.05) is 54.6 Å². The molecule has 29 heavy (non-hydrogen) atoms. The summed E-state index contributed by atoms with van der Waals surface area (Å²) in [6.07, 6.45) is 0.529. The number of nitrogens with zero attached hydrogens (tertiary/aromatic N) is 1. The normalized spacial score (nSPS) is 11.6. The molecule has 0 saturated heterocycles. The Labute approximate surface area is 167 Å². The Morgan fingerprint density at radius 2 is 1.69 bits per heavy atom. The van der Waals surface area contributed by atoms with Crippen LogP contribution in [0, 0.1) is 11.3 Å². The molecule has 5 nitrogen and oxygen atoms in total. The minimum absolute atomic E-state index is 0.219. The van der Waals surface area contributed by atoms with Gasteiger partial charge in [0, 0.05) is 28.2 Å². The molecule has 1 aromatic heterocycles. The highest BCUT2D eigenvalue weighted by molar-refractivity contribution is 6.11. The van der Waals surface area contributed by atoms with Crippen molar-refractivity contribution in [3.8, 4) is 6.07 Å². The zero-order chi connectivity index (χ0) is 20.2. The van der Waals surface area contributed by atoms with Gasteiger partial charge in [0.2, 0.25) is 5.78 Å². The average Bonchev–Trinajstić information content (AvgIpc) is 3.21. The molecule has 3 aromatic carbocycles. The molecule has 5 heteroatoms. The van der Waals surface area contributed by atoms with E-state index in [2.05, 4.69) is 4.98 Å². The molecular weight excluding hydrogens is 364 g/mol. The molecule has 0 unspecified atom stereocenters. The molecule has 1 N–H and O–H groups in total. The van der Waals surface area contributed by atoms with Gasteiger partial charge in [0.1, 0.15) is 0 Å². The number of aromatic amines is 1. The van der Waals surface area contributed by atoms with E-state index in [0.717, 1.165) is 10.9 Å². The number of carbonyl (C=O) groups is 2. The third kappa shape index (κ3) is 3.64. The van der Waals surface area contributed by atoms with Crippen LogP contribution in [0.1, 0.15) is 37.9 Å². The van der Waals surface area contributed by atoms with Crippen LogP contribution in [0.15, 0.2) is 85.1 Å². The summed E-state index contributed by atoms with van der Waals surface area (Å²) in [7, 11) is 0. The molecule has 0 aliphatic heterocycles. The van der Waals surface area contributed by atoms with Gasteiger partial charge in [-0.3, -0.25) is 4.79 Å². The fourth-order valence-electron chi connectivity index (χ4n) is 3.21. The highest BCUT2D eigenvalue weighted by atomic mass is 16.5. The van der Waals surface area contributed by atoms with Gasteiger partial charge in [0.05, 0.1) is 17.2 Å². The van der Waals surface area contributed by atoms with Crippen LogP contribution in [0.4, 0.5) is 0 Å². The Balaban J connectivity index is 1.71. The number of esters is 1. The average molecular weight is 380 g/mol. The summed E-state index contributed by atoms with van der Waals surface area (Å²) in [5.74, 6) is -0.984. The van der Waals surface area contributed by atoms with Gasteiger partial charge in [0.15, 0.2) is 6.10 Å². The molecule has 0 bridgehead atoms. The molecule has 1 heterocycles. The largest absolute Gasteiger partial charge is 0.445 e. The van der Waals surface area contributed by atoms with Gasteiger partial charge >= 0.3 is 5.97 Å². The van der Waals surface area contributed by atoms with E-state index >= 15 is 0 Å². The number of rotatable bonds is 5. The van der Waals surface area contributed by atoms with E-state index in [-0.39, 0.29) is 11.3 Å². The number of hydrogen-bond donors (Lipinski definition) is 1. The van der Waals surface area contributed by atoms with Crippen molar-refractivity contribution in [2.75, 3.05) is 0 Å². The van der Waals surface area contributed by atoms with E-state index in [0.29, 0.717) is 16.7 Å². The number of ether oxygens (including phenoxy) is 1. The van der Waals surface area contributed by atoms with Gasteiger partial charge in [-0.2, -0.15) is 5.26 Å². The lowest BCUT2D eigenvalue weighted by Gasteiger charge is -2.17. The van der Waals surface area contributed by atoms with E-state index in [1.165, 1.54) is 6.07 Å². The molecule has 140 valence electrons. The second-order valence-corrected chi connectivity index (χ2v) is 6.50. The monoisotopic (exact) mass is 380 g/mol. The molecule has 0 aliphatic carbocycles. The third-order valence-electron chi connectivity index (χ3n) is 4.65. The van der Waals surface area contributed by atoms with Crippen molar-refractivity contribution < 1.29 is 14.3 Å². The molecule has 0 aliphatic rings. The first-order chi connectivity index (χ1) is 14.2. The quantitative estimate of drug-likeness (QED) is 0.397. The molecule has 4 aromatic rings. The van der Waals surface area contributed by atoms with E-state index < -0.39 is 12.1 Å². The Morgan fingerprint density at radius 1 is 0.931 bits per heavy atom. The highest BCUT2D eigenvalue weighted by Crippen LogP contribution is 2.28. The second-order valence-electron chi connectivity index (χ2n) is 6.50. The molecule has 1 atom stereocenters. The summed E-state index contributed by atoms with van der Waals surface area (Å²) in [6.45, 7) is 0. The predicted molar refractivity (Wildman–Crippen MR) is 108 cm³/mol. The van der Waals surface area contributed by atoms with Crippen molar-refractivity contribution in [1.82, 2.24) is 4.98 Å². The summed E-state index contributed by atoms with van der Waals surface area (Å²) >= 11 is 0. The van der Waals surface area contributed by atoms with Gasteiger partial charge in [-0.15, -0.1) is 0 Å². The summed E-state index contributed by atoms with van der Waals surface area (Å²) in [6, 6.07) is 24.5. The summed E-state index contributed by atoms with van der Waals surface area (Å²) in [5.41, 5.74) is 2.42. The lowest BCUT2D eigenvalue weighted by Crippen LogP contribution is -2.20. The Bertz CT molecular complexity index is 1240. The Hall–Kier alpha value is -4.17. The van der Waals surface area contributed by atoms with Crippen LogP contribution < -0.4 is 0 Å². The number of benzene rings is 3. The Kier molecular flexibility index (Phi) is 4.91. The third-order valence-corrected chi connectivity index (χ3v) is 4.65. The number of nitrogens with one attached hydrogen (secondary N) is 1. The minimum atomic E-state index is -1.10. The fourth-order valence-corrected chi connectivity index (χ4v) is 3.21. The summed E-state index contributed by atoms with van der Waals surface area (Å²) in [5, 5.41) is 9.82. The number of ketones is 1. The van der Waals surface area contributed by atoms with E-state index in [1.807, 2.05) is 36.4 Å². The number of nitriles is 1. The number of fused-ring (bicyclic) bond motifs is 1.